The number of anilines is 3. The summed E-state index contributed by atoms with van der Waals surface area (Å²) in [7, 11) is 0. The zero-order chi connectivity index (χ0) is 42.0. The SMILES string of the molecule is CC(c1ccccc1)c1ccc(-c2cc(-c3cc(-c4ccccc4)cc(-c4cc(C(C)(C)C)cc(C(C)(C)C)c4O)n3)[c-]c(N(c3ccccc3)c3ccccn3)c2)cc1.[Pt]. The van der Waals surface area contributed by atoms with Gasteiger partial charge >= 0.3 is 0 Å². The fraction of sp³-hybridized carbons (Fsp3) is 0.179. The van der Waals surface area contributed by atoms with Crippen LogP contribution in [0.25, 0.3) is 44.8 Å². The molecule has 1 atom stereocenters. The second-order valence-corrected chi connectivity index (χ2v) is 17.7. The van der Waals surface area contributed by atoms with Gasteiger partial charge in [0.15, 0.2) is 0 Å². The predicted molar refractivity (Wildman–Crippen MR) is 250 cm³/mol. The average molecular weight is 978 g/mol. The van der Waals surface area contributed by atoms with Gasteiger partial charge in [-0.1, -0.05) is 175 Å². The van der Waals surface area contributed by atoms with Crippen LogP contribution in [0.2, 0.25) is 0 Å². The summed E-state index contributed by atoms with van der Waals surface area (Å²) in [6, 6.07) is 63.0. The minimum atomic E-state index is -0.294. The number of para-hydroxylation sites is 1. The van der Waals surface area contributed by atoms with Gasteiger partial charge in [0, 0.05) is 50.0 Å². The Morgan fingerprint density at radius 2 is 1.13 bits per heavy atom. The Labute approximate surface area is 376 Å². The predicted octanol–water partition coefficient (Wildman–Crippen LogP) is 14.9. The molecule has 0 aliphatic rings. The molecular weight excluding hydrogens is 926 g/mol. The fourth-order valence-electron chi connectivity index (χ4n) is 7.77. The molecule has 0 bridgehead atoms. The number of nitrogens with zero attached hydrogens (tertiary/aromatic N) is 3. The number of pyridine rings is 2. The van der Waals surface area contributed by atoms with Crippen molar-refractivity contribution in [2.75, 3.05) is 4.90 Å². The standard InChI is InChI=1S/C56H52N3O.Pt/c1-38(39-19-11-8-12-20-39)40-26-28-42(29-27-40)43-31-45(33-48(32-43)59(47-23-15-10-16-24-47)53-25-17-18-30-57-53)51-34-44(41-21-13-9-14-22-41)35-52(58-51)49-36-46(55(2,3)4)37-50(54(49)60)56(5,6)7;/h8-32,34-38,60H,1-7H3;/q-1;. The van der Waals surface area contributed by atoms with Gasteiger partial charge in [0.25, 0.3) is 0 Å². The van der Waals surface area contributed by atoms with Crippen molar-refractivity contribution in [1.29, 1.82) is 0 Å². The summed E-state index contributed by atoms with van der Waals surface area (Å²) in [5.74, 6) is 1.29. The number of benzene rings is 6. The number of phenols is 1. The second kappa shape index (κ2) is 17.9. The van der Waals surface area contributed by atoms with Crippen LogP contribution in [-0.2, 0) is 31.9 Å². The van der Waals surface area contributed by atoms with E-state index in [1.807, 2.05) is 48.7 Å². The zero-order valence-electron chi connectivity index (χ0n) is 35.9. The summed E-state index contributed by atoms with van der Waals surface area (Å²) in [6.45, 7) is 15.3. The average Bonchev–Trinajstić information content (AvgIpc) is 3.26. The van der Waals surface area contributed by atoms with Crippen LogP contribution >= 0.6 is 0 Å². The molecule has 5 heteroatoms. The van der Waals surface area contributed by atoms with E-state index in [2.05, 4.69) is 187 Å². The number of aromatic nitrogens is 2. The molecule has 1 N–H and O–H groups in total. The largest absolute Gasteiger partial charge is 0.507 e. The molecule has 0 amide bonds. The molecule has 0 aliphatic heterocycles. The van der Waals surface area contributed by atoms with Crippen LogP contribution < -0.4 is 4.90 Å². The fourth-order valence-corrected chi connectivity index (χ4v) is 7.77. The Balaban J connectivity index is 0.00000561. The summed E-state index contributed by atoms with van der Waals surface area (Å²) >= 11 is 0. The molecular formula is C56H52N3OPt-. The Hall–Kier alpha value is -6.09. The molecule has 0 fully saturated rings. The molecule has 0 saturated carbocycles. The number of hydrogen-bond donors (Lipinski definition) is 1. The molecule has 0 saturated heterocycles. The molecule has 308 valence electrons. The first kappa shape index (κ1) is 43.0. The van der Waals surface area contributed by atoms with Crippen LogP contribution in [0.1, 0.15) is 76.6 Å². The Morgan fingerprint density at radius 1 is 0.557 bits per heavy atom. The zero-order valence-corrected chi connectivity index (χ0v) is 38.2. The summed E-state index contributed by atoms with van der Waals surface area (Å²) < 4.78 is 0. The van der Waals surface area contributed by atoms with Crippen molar-refractivity contribution in [3.8, 4) is 50.5 Å². The van der Waals surface area contributed by atoms with Crippen LogP contribution in [0.3, 0.4) is 0 Å². The van der Waals surface area contributed by atoms with E-state index in [1.54, 1.807) is 0 Å². The normalized spacial score (nSPS) is 12.0. The third-order valence-electron chi connectivity index (χ3n) is 11.3. The van der Waals surface area contributed by atoms with E-state index >= 15 is 0 Å². The van der Waals surface area contributed by atoms with E-state index in [4.69, 9.17) is 9.97 Å². The third kappa shape index (κ3) is 9.46. The first-order chi connectivity index (χ1) is 28.8. The van der Waals surface area contributed by atoms with Gasteiger partial charge in [0.05, 0.1) is 5.69 Å². The first-order valence-electron chi connectivity index (χ1n) is 20.8. The smallest absolute Gasteiger partial charge is 0.136 e. The number of aromatic hydroxyl groups is 1. The van der Waals surface area contributed by atoms with Crippen LogP contribution in [0.15, 0.2) is 176 Å². The van der Waals surface area contributed by atoms with Gasteiger partial charge < -0.3 is 10.0 Å². The van der Waals surface area contributed by atoms with Crippen molar-refractivity contribution >= 4 is 17.2 Å². The van der Waals surface area contributed by atoms with Gasteiger partial charge in [0.2, 0.25) is 0 Å². The van der Waals surface area contributed by atoms with Crippen molar-refractivity contribution in [3.05, 3.63) is 204 Å². The minimum absolute atomic E-state index is 0. The molecule has 1 unspecified atom stereocenters. The number of hydrogen-bond acceptors (Lipinski definition) is 4. The topological polar surface area (TPSA) is 49.3 Å². The maximum atomic E-state index is 12.1. The first-order valence-corrected chi connectivity index (χ1v) is 20.8. The number of phenolic OH excluding ortho intramolecular Hbond substituents is 1. The van der Waals surface area contributed by atoms with Crippen LogP contribution in [-0.4, -0.2) is 15.1 Å². The Kier molecular flexibility index (Phi) is 12.6. The van der Waals surface area contributed by atoms with E-state index < -0.39 is 0 Å². The monoisotopic (exact) mass is 977 g/mol. The molecule has 61 heavy (non-hydrogen) atoms. The summed E-state index contributed by atoms with van der Waals surface area (Å²) in [4.78, 5) is 12.4. The molecule has 0 radical (unpaired) electrons. The van der Waals surface area contributed by atoms with Crippen LogP contribution in [0.5, 0.6) is 5.75 Å². The van der Waals surface area contributed by atoms with Gasteiger partial charge in [-0.2, -0.15) is 0 Å². The summed E-state index contributed by atoms with van der Waals surface area (Å²) in [5, 5.41) is 12.1. The molecule has 2 heterocycles. The van der Waals surface area contributed by atoms with E-state index in [-0.39, 0.29) is 43.6 Å². The van der Waals surface area contributed by atoms with Crippen LogP contribution in [0.4, 0.5) is 17.2 Å². The van der Waals surface area contributed by atoms with Gasteiger partial charge in [-0.15, -0.1) is 23.8 Å². The van der Waals surface area contributed by atoms with Gasteiger partial charge in [-0.05, 0) is 92.0 Å². The van der Waals surface area contributed by atoms with E-state index in [1.165, 1.54) is 11.1 Å². The third-order valence-corrected chi connectivity index (χ3v) is 11.3. The van der Waals surface area contributed by atoms with Crippen molar-refractivity contribution in [2.45, 2.75) is 65.2 Å². The summed E-state index contributed by atoms with van der Waals surface area (Å²) in [5.41, 5.74) is 13.1. The van der Waals surface area contributed by atoms with E-state index in [0.29, 0.717) is 11.3 Å². The van der Waals surface area contributed by atoms with Crippen molar-refractivity contribution < 1.29 is 26.2 Å². The molecule has 8 aromatic rings. The Bertz CT molecular complexity index is 2680. The molecule has 2 aromatic heterocycles. The summed E-state index contributed by atoms with van der Waals surface area (Å²) in [6.07, 6.45) is 1.82. The second-order valence-electron chi connectivity index (χ2n) is 17.7. The van der Waals surface area contributed by atoms with Gasteiger partial charge in [0.1, 0.15) is 11.6 Å². The maximum Gasteiger partial charge on any atom is 0.136 e. The van der Waals surface area contributed by atoms with E-state index in [9.17, 15) is 5.11 Å². The van der Waals surface area contributed by atoms with Crippen molar-refractivity contribution in [1.82, 2.24) is 9.97 Å². The molecule has 0 aliphatic carbocycles. The number of rotatable bonds is 9. The molecule has 4 nitrogen and oxygen atoms in total. The van der Waals surface area contributed by atoms with Crippen LogP contribution in [0, 0.1) is 6.07 Å². The van der Waals surface area contributed by atoms with E-state index in [0.717, 1.165) is 61.8 Å². The Morgan fingerprint density at radius 3 is 1.75 bits per heavy atom. The molecule has 6 aromatic carbocycles. The molecule has 8 rings (SSSR count). The maximum absolute atomic E-state index is 12.1. The minimum Gasteiger partial charge on any atom is -0.507 e. The van der Waals surface area contributed by atoms with Crippen molar-refractivity contribution in [2.24, 2.45) is 0 Å². The quantitative estimate of drug-likeness (QED) is 0.146. The van der Waals surface area contributed by atoms with Gasteiger partial charge in [-0.3, -0.25) is 4.98 Å². The van der Waals surface area contributed by atoms with Crippen molar-refractivity contribution in [3.63, 3.8) is 0 Å². The molecule has 0 spiro atoms. The van der Waals surface area contributed by atoms with Gasteiger partial charge in [-0.25, -0.2) is 4.98 Å².